The lowest BCUT2D eigenvalue weighted by Crippen LogP contribution is -2.10. The highest BCUT2D eigenvalue weighted by molar-refractivity contribution is 7.62. The molecule has 1 heterocycles. The molecule has 0 spiro atoms. The fraction of sp³-hybridized carbons (Fsp3) is 0.571. The summed E-state index contributed by atoms with van der Waals surface area (Å²) in [6, 6.07) is 0. The van der Waals surface area contributed by atoms with E-state index in [1.54, 1.807) is 24.7 Å². The molecule has 0 unspecified atom stereocenters. The molecule has 0 aliphatic heterocycles. The topological polar surface area (TPSA) is 48.4 Å². The predicted molar refractivity (Wildman–Crippen MR) is 52.6 cm³/mol. The molecule has 1 rings (SSSR count). The number of hydrogen-bond donors (Lipinski definition) is 0. The van der Waals surface area contributed by atoms with Crippen molar-refractivity contribution in [2.45, 2.75) is 13.8 Å². The van der Waals surface area contributed by atoms with E-state index in [0.29, 0.717) is 18.6 Å². The number of thiazole rings is 1. The normalized spacial score (nSPS) is 11.8. The summed E-state index contributed by atoms with van der Waals surface area (Å²) in [5.74, 6) is 0. The molecule has 0 aliphatic carbocycles. The minimum Gasteiger partial charge on any atom is -0.304 e. The van der Waals surface area contributed by atoms with E-state index in [1.165, 1.54) is 11.3 Å². The van der Waals surface area contributed by atoms with E-state index in [2.05, 4.69) is 4.98 Å². The Bertz CT molecular complexity index is 278. The molecule has 0 bridgehead atoms. The van der Waals surface area contributed by atoms with Crippen molar-refractivity contribution in [3.8, 4) is 0 Å². The fourth-order valence-electron chi connectivity index (χ4n) is 0.851. The predicted octanol–water partition coefficient (Wildman–Crippen LogP) is 2.03. The van der Waals surface area contributed by atoms with Crippen LogP contribution < -0.4 is 5.44 Å². The van der Waals surface area contributed by atoms with Crippen LogP contribution in [0, 0.1) is 0 Å². The van der Waals surface area contributed by atoms with Crippen molar-refractivity contribution in [3.05, 3.63) is 10.9 Å². The van der Waals surface area contributed by atoms with E-state index in [4.69, 9.17) is 9.05 Å². The lowest BCUT2D eigenvalue weighted by atomic mass is 10.9. The average Bonchev–Trinajstić information content (AvgIpc) is 2.57. The zero-order chi connectivity index (χ0) is 9.73. The summed E-state index contributed by atoms with van der Waals surface area (Å²) in [6.07, 6.45) is 0. The maximum absolute atomic E-state index is 12.0. The van der Waals surface area contributed by atoms with E-state index < -0.39 is 7.60 Å². The summed E-state index contributed by atoms with van der Waals surface area (Å²) in [5, 5.41) is 1.69. The first-order valence-corrected chi connectivity index (χ1v) is 6.49. The van der Waals surface area contributed by atoms with Crippen molar-refractivity contribution < 1.29 is 13.6 Å². The van der Waals surface area contributed by atoms with Gasteiger partial charge in [0.25, 0.3) is 0 Å². The molecule has 0 atom stereocenters. The zero-order valence-corrected chi connectivity index (χ0v) is 9.31. The highest BCUT2D eigenvalue weighted by atomic mass is 32.1. The van der Waals surface area contributed by atoms with Gasteiger partial charge in [-0.05, 0) is 13.8 Å². The molecule has 4 nitrogen and oxygen atoms in total. The van der Waals surface area contributed by atoms with Crippen LogP contribution >= 0.6 is 18.9 Å². The Morgan fingerprint density at radius 2 is 2.08 bits per heavy atom. The first-order chi connectivity index (χ1) is 6.23. The van der Waals surface area contributed by atoms with E-state index >= 15 is 0 Å². The van der Waals surface area contributed by atoms with Crippen molar-refractivity contribution in [1.82, 2.24) is 4.98 Å². The molecule has 13 heavy (non-hydrogen) atoms. The van der Waals surface area contributed by atoms with Crippen LogP contribution in [-0.4, -0.2) is 18.2 Å². The highest BCUT2D eigenvalue weighted by Gasteiger charge is 2.28. The minimum absolute atomic E-state index is 0.356. The number of rotatable bonds is 5. The minimum atomic E-state index is -3.12. The van der Waals surface area contributed by atoms with Gasteiger partial charge in [-0.15, -0.1) is 11.3 Å². The molecule has 0 saturated heterocycles. The standard InChI is InChI=1S/C7H12NO3PS/c1-3-10-12(9,11-4-2)7-5-13-6-8-7/h5-6H,3-4H2,1-2H3. The van der Waals surface area contributed by atoms with Gasteiger partial charge in [-0.1, -0.05) is 0 Å². The summed E-state index contributed by atoms with van der Waals surface area (Å²) in [6.45, 7) is 4.26. The van der Waals surface area contributed by atoms with Gasteiger partial charge in [0.2, 0.25) is 0 Å². The maximum atomic E-state index is 12.0. The first-order valence-electron chi connectivity index (χ1n) is 4.00. The fourth-order valence-corrected chi connectivity index (χ4v) is 3.26. The lowest BCUT2D eigenvalue weighted by Gasteiger charge is -2.13. The van der Waals surface area contributed by atoms with Crippen molar-refractivity contribution in [2.24, 2.45) is 0 Å². The molecule has 1 aromatic heterocycles. The highest BCUT2D eigenvalue weighted by Crippen LogP contribution is 2.46. The number of aromatic nitrogens is 1. The van der Waals surface area contributed by atoms with Crippen LogP contribution in [0.3, 0.4) is 0 Å². The van der Waals surface area contributed by atoms with E-state index in [-0.39, 0.29) is 0 Å². The van der Waals surface area contributed by atoms with Crippen molar-refractivity contribution in [2.75, 3.05) is 13.2 Å². The Kier molecular flexibility index (Phi) is 4.06. The van der Waals surface area contributed by atoms with E-state index in [0.717, 1.165) is 0 Å². The van der Waals surface area contributed by atoms with Crippen LogP contribution in [0.1, 0.15) is 13.8 Å². The Balaban J connectivity index is 2.85. The molecule has 0 aliphatic rings. The van der Waals surface area contributed by atoms with Crippen LogP contribution in [0.2, 0.25) is 0 Å². The van der Waals surface area contributed by atoms with Gasteiger partial charge < -0.3 is 9.05 Å². The largest absolute Gasteiger partial charge is 0.380 e. The first kappa shape index (κ1) is 10.9. The van der Waals surface area contributed by atoms with Gasteiger partial charge in [0.15, 0.2) is 5.44 Å². The average molecular weight is 221 g/mol. The van der Waals surface area contributed by atoms with Crippen molar-refractivity contribution >= 4 is 24.4 Å². The third-order valence-electron chi connectivity index (χ3n) is 1.30. The van der Waals surface area contributed by atoms with Crippen molar-refractivity contribution in [3.63, 3.8) is 0 Å². The van der Waals surface area contributed by atoms with Crippen LogP contribution in [0.5, 0.6) is 0 Å². The van der Waals surface area contributed by atoms with Crippen LogP contribution in [0.15, 0.2) is 10.9 Å². The molecule has 0 aromatic carbocycles. The van der Waals surface area contributed by atoms with Gasteiger partial charge in [0.05, 0.1) is 18.7 Å². The van der Waals surface area contributed by atoms with Gasteiger partial charge in [-0.3, -0.25) is 4.57 Å². The number of hydrogen-bond acceptors (Lipinski definition) is 5. The Hall–Kier alpha value is -0.220. The molecule has 74 valence electrons. The van der Waals surface area contributed by atoms with Gasteiger partial charge in [0.1, 0.15) is 0 Å². The molecule has 0 saturated carbocycles. The van der Waals surface area contributed by atoms with Gasteiger partial charge in [-0.2, -0.15) is 0 Å². The Labute approximate surface area is 81.4 Å². The maximum Gasteiger partial charge on any atom is 0.380 e. The van der Waals surface area contributed by atoms with E-state index in [9.17, 15) is 4.57 Å². The van der Waals surface area contributed by atoms with Crippen molar-refractivity contribution in [1.29, 1.82) is 0 Å². The third-order valence-corrected chi connectivity index (χ3v) is 4.06. The number of nitrogens with zero attached hydrogens (tertiary/aromatic N) is 1. The lowest BCUT2D eigenvalue weighted by molar-refractivity contribution is 0.229. The SMILES string of the molecule is CCOP(=O)(OCC)c1cscn1. The van der Waals surface area contributed by atoms with Gasteiger partial charge in [0, 0.05) is 5.38 Å². The second kappa shape index (κ2) is 4.86. The molecule has 1 aromatic rings. The van der Waals surface area contributed by atoms with Gasteiger partial charge >= 0.3 is 7.60 Å². The summed E-state index contributed by atoms with van der Waals surface area (Å²) in [4.78, 5) is 3.93. The molecular weight excluding hydrogens is 209 g/mol. The van der Waals surface area contributed by atoms with Gasteiger partial charge in [-0.25, -0.2) is 4.98 Å². The zero-order valence-electron chi connectivity index (χ0n) is 7.60. The molecule has 0 fully saturated rings. The van der Waals surface area contributed by atoms with Crippen LogP contribution in [0.25, 0.3) is 0 Å². The summed E-state index contributed by atoms with van der Waals surface area (Å²) in [5.41, 5.74) is 2.02. The summed E-state index contributed by atoms with van der Waals surface area (Å²) >= 11 is 1.37. The molecule has 0 amide bonds. The monoisotopic (exact) mass is 221 g/mol. The molecule has 0 radical (unpaired) electrons. The Morgan fingerprint density at radius 3 is 2.46 bits per heavy atom. The molecule has 6 heteroatoms. The second-order valence-electron chi connectivity index (χ2n) is 2.18. The summed E-state index contributed by atoms with van der Waals surface area (Å²) < 4.78 is 22.2. The molecular formula is C7H12NO3PS. The van der Waals surface area contributed by atoms with E-state index in [1.807, 2.05) is 0 Å². The molecule has 0 N–H and O–H groups in total. The summed E-state index contributed by atoms with van der Waals surface area (Å²) in [7, 11) is -3.12. The second-order valence-corrected chi connectivity index (χ2v) is 4.87. The van der Waals surface area contributed by atoms with Crippen LogP contribution in [-0.2, 0) is 13.6 Å². The third kappa shape index (κ3) is 2.61. The smallest absolute Gasteiger partial charge is 0.304 e. The Morgan fingerprint density at radius 1 is 1.46 bits per heavy atom. The quantitative estimate of drug-likeness (QED) is 0.714. The van der Waals surface area contributed by atoms with Crippen LogP contribution in [0.4, 0.5) is 0 Å².